The molecule has 0 saturated carbocycles. The number of ether oxygens (including phenoxy) is 1. The lowest BCUT2D eigenvalue weighted by molar-refractivity contribution is 0.0468. The average molecular weight is 387 g/mol. The van der Waals surface area contributed by atoms with Crippen molar-refractivity contribution >= 4 is 27.6 Å². The zero-order chi connectivity index (χ0) is 18.6. The van der Waals surface area contributed by atoms with E-state index in [1.54, 1.807) is 42.5 Å². The molecule has 1 atom stereocenters. The van der Waals surface area contributed by atoms with Gasteiger partial charge in [-0.1, -0.05) is 30.3 Å². The first-order valence-electron chi connectivity index (χ1n) is 8.10. The molecule has 0 aliphatic carbocycles. The van der Waals surface area contributed by atoms with Gasteiger partial charge in [-0.2, -0.15) is 5.26 Å². The molecular weight excluding hydrogens is 370 g/mol. The van der Waals surface area contributed by atoms with Crippen LogP contribution in [-0.2, 0) is 21.2 Å². The van der Waals surface area contributed by atoms with Gasteiger partial charge in [0.15, 0.2) is 9.84 Å². The highest BCUT2D eigenvalue weighted by atomic mass is 32.2. The molecule has 5 nitrogen and oxygen atoms in total. The van der Waals surface area contributed by atoms with Crippen LogP contribution in [0.3, 0.4) is 0 Å². The van der Waals surface area contributed by atoms with Crippen LogP contribution in [0.1, 0.15) is 27.9 Å². The first-order chi connectivity index (χ1) is 12.5. The molecule has 26 heavy (non-hydrogen) atoms. The molecule has 0 unspecified atom stereocenters. The second-order valence-electron chi connectivity index (χ2n) is 5.98. The van der Waals surface area contributed by atoms with Crippen molar-refractivity contribution < 1.29 is 17.9 Å². The number of esters is 1. The van der Waals surface area contributed by atoms with Crippen LogP contribution in [0.25, 0.3) is 0 Å². The molecule has 3 rings (SSSR count). The van der Waals surface area contributed by atoms with E-state index in [9.17, 15) is 13.2 Å². The third-order valence-corrected chi connectivity index (χ3v) is 7.41. The summed E-state index contributed by atoms with van der Waals surface area (Å²) in [6, 6.07) is 16.1. The smallest absolute Gasteiger partial charge is 0.339 e. The number of thioether (sulfide) groups is 1. The van der Waals surface area contributed by atoms with Gasteiger partial charge in [-0.05, 0) is 24.6 Å². The Hall–Kier alpha value is -2.30. The summed E-state index contributed by atoms with van der Waals surface area (Å²) in [6.07, 6.45) is 0.589. The van der Waals surface area contributed by atoms with Crippen molar-refractivity contribution in [3.63, 3.8) is 0 Å². The van der Waals surface area contributed by atoms with E-state index in [1.165, 1.54) is 11.8 Å². The topological polar surface area (TPSA) is 84.2 Å². The standard InChI is InChI=1S/C19H17NO4S2/c20-11-14-5-1-2-6-15(14)12-24-19(21)17-7-3-4-8-18(17)25-16-9-10-26(22,23)13-16/h1-8,16H,9-10,12-13H2/t16-/m0/s1. The summed E-state index contributed by atoms with van der Waals surface area (Å²) in [5, 5.41) is 9.06. The second-order valence-corrected chi connectivity index (χ2v) is 9.56. The van der Waals surface area contributed by atoms with Crippen molar-refractivity contribution in [2.24, 2.45) is 0 Å². The van der Waals surface area contributed by atoms with Gasteiger partial charge in [0, 0.05) is 15.7 Å². The summed E-state index contributed by atoms with van der Waals surface area (Å²) in [5.41, 5.74) is 1.53. The van der Waals surface area contributed by atoms with Crippen LogP contribution in [0.5, 0.6) is 0 Å². The Morgan fingerprint density at radius 1 is 1.19 bits per heavy atom. The van der Waals surface area contributed by atoms with E-state index in [0.717, 1.165) is 0 Å². The van der Waals surface area contributed by atoms with Crippen LogP contribution in [0.15, 0.2) is 53.4 Å². The third kappa shape index (κ3) is 4.45. The van der Waals surface area contributed by atoms with Gasteiger partial charge in [-0.3, -0.25) is 0 Å². The predicted molar refractivity (Wildman–Crippen MR) is 99.6 cm³/mol. The summed E-state index contributed by atoms with van der Waals surface area (Å²) in [4.78, 5) is 13.2. The van der Waals surface area contributed by atoms with E-state index in [1.807, 2.05) is 6.07 Å². The maximum Gasteiger partial charge on any atom is 0.339 e. The molecule has 1 heterocycles. The zero-order valence-electron chi connectivity index (χ0n) is 13.9. The Morgan fingerprint density at radius 2 is 1.92 bits per heavy atom. The Labute approximate surface area is 156 Å². The third-order valence-electron chi connectivity index (χ3n) is 4.09. The van der Waals surface area contributed by atoms with Crippen LogP contribution in [0, 0.1) is 11.3 Å². The molecule has 7 heteroatoms. The average Bonchev–Trinajstić information content (AvgIpc) is 2.98. The minimum absolute atomic E-state index is 0.0133. The van der Waals surface area contributed by atoms with Gasteiger partial charge in [-0.25, -0.2) is 13.2 Å². The highest BCUT2D eigenvalue weighted by Crippen LogP contribution is 2.33. The number of rotatable bonds is 5. The quantitative estimate of drug-likeness (QED) is 0.733. The number of hydrogen-bond donors (Lipinski definition) is 0. The summed E-state index contributed by atoms with van der Waals surface area (Å²) < 4.78 is 28.7. The number of carbonyl (C=O) groups is 1. The number of nitrogens with zero attached hydrogens (tertiary/aromatic N) is 1. The summed E-state index contributed by atoms with van der Waals surface area (Å²) in [6.45, 7) is 0.0133. The normalized spacial score (nSPS) is 18.2. The van der Waals surface area contributed by atoms with E-state index in [-0.39, 0.29) is 23.4 Å². The maximum atomic E-state index is 12.5. The fraction of sp³-hybridized carbons (Fsp3) is 0.263. The highest BCUT2D eigenvalue weighted by Gasteiger charge is 2.29. The molecule has 1 fully saturated rings. The zero-order valence-corrected chi connectivity index (χ0v) is 15.6. The van der Waals surface area contributed by atoms with Gasteiger partial charge in [0.05, 0.1) is 28.7 Å². The molecule has 1 aliphatic rings. The first-order valence-corrected chi connectivity index (χ1v) is 10.8. The summed E-state index contributed by atoms with van der Waals surface area (Å²) in [5.74, 6) is -0.152. The minimum atomic E-state index is -2.97. The van der Waals surface area contributed by atoms with Gasteiger partial charge >= 0.3 is 5.97 Å². The number of nitriles is 1. The fourth-order valence-corrected chi connectivity index (χ4v) is 6.36. The van der Waals surface area contributed by atoms with Gasteiger partial charge in [0.25, 0.3) is 0 Å². The van der Waals surface area contributed by atoms with Crippen molar-refractivity contribution in [2.75, 3.05) is 11.5 Å². The van der Waals surface area contributed by atoms with E-state index in [2.05, 4.69) is 6.07 Å². The van der Waals surface area contributed by atoms with Gasteiger partial charge < -0.3 is 4.74 Å². The summed E-state index contributed by atoms with van der Waals surface area (Å²) >= 11 is 1.41. The van der Waals surface area contributed by atoms with Crippen LogP contribution in [-0.4, -0.2) is 31.1 Å². The monoisotopic (exact) mass is 387 g/mol. The molecule has 1 saturated heterocycles. The second kappa shape index (κ2) is 7.94. The van der Waals surface area contributed by atoms with Gasteiger partial charge in [-0.15, -0.1) is 11.8 Å². The van der Waals surface area contributed by atoms with E-state index < -0.39 is 15.8 Å². The Balaban J connectivity index is 1.71. The van der Waals surface area contributed by atoms with Gasteiger partial charge in [0.2, 0.25) is 0 Å². The molecule has 134 valence electrons. The van der Waals surface area contributed by atoms with Crippen LogP contribution in [0.2, 0.25) is 0 Å². The predicted octanol–water partition coefficient (Wildman–Crippen LogP) is 3.19. The molecule has 0 amide bonds. The lowest BCUT2D eigenvalue weighted by atomic mass is 10.1. The Morgan fingerprint density at radius 3 is 2.65 bits per heavy atom. The molecule has 0 bridgehead atoms. The molecule has 0 spiro atoms. The Bertz CT molecular complexity index is 963. The molecule has 0 radical (unpaired) electrons. The van der Waals surface area contributed by atoms with Crippen molar-refractivity contribution in [1.82, 2.24) is 0 Å². The lowest BCUT2D eigenvalue weighted by Gasteiger charge is -2.12. The van der Waals surface area contributed by atoms with Gasteiger partial charge in [0.1, 0.15) is 6.61 Å². The molecule has 0 N–H and O–H groups in total. The highest BCUT2D eigenvalue weighted by molar-refractivity contribution is 8.02. The SMILES string of the molecule is N#Cc1ccccc1COC(=O)c1ccccc1S[C@H]1CCS(=O)(=O)C1. The van der Waals surface area contributed by atoms with Crippen LogP contribution >= 0.6 is 11.8 Å². The lowest BCUT2D eigenvalue weighted by Crippen LogP contribution is -2.10. The van der Waals surface area contributed by atoms with E-state index >= 15 is 0 Å². The van der Waals surface area contributed by atoms with Crippen molar-refractivity contribution in [3.8, 4) is 6.07 Å². The van der Waals surface area contributed by atoms with Crippen LogP contribution < -0.4 is 0 Å². The molecular formula is C19H17NO4S2. The first kappa shape index (κ1) is 18.5. The minimum Gasteiger partial charge on any atom is -0.457 e. The fourth-order valence-electron chi connectivity index (χ4n) is 2.75. The maximum absolute atomic E-state index is 12.5. The number of carbonyl (C=O) groups excluding carboxylic acids is 1. The summed E-state index contributed by atoms with van der Waals surface area (Å²) in [7, 11) is -2.97. The number of hydrogen-bond acceptors (Lipinski definition) is 6. The largest absolute Gasteiger partial charge is 0.457 e. The van der Waals surface area contributed by atoms with Crippen molar-refractivity contribution in [3.05, 3.63) is 65.2 Å². The number of benzene rings is 2. The molecule has 1 aliphatic heterocycles. The number of sulfone groups is 1. The molecule has 2 aromatic carbocycles. The van der Waals surface area contributed by atoms with Crippen molar-refractivity contribution in [2.45, 2.75) is 23.2 Å². The Kier molecular flexibility index (Phi) is 5.64. The van der Waals surface area contributed by atoms with Crippen LogP contribution in [0.4, 0.5) is 0 Å². The van der Waals surface area contributed by atoms with Crippen molar-refractivity contribution in [1.29, 1.82) is 5.26 Å². The molecule has 2 aromatic rings. The van der Waals surface area contributed by atoms with E-state index in [4.69, 9.17) is 10.00 Å². The molecule has 0 aromatic heterocycles. The van der Waals surface area contributed by atoms with E-state index in [0.29, 0.717) is 28.0 Å².